The number of thioether (sulfide) groups is 1. The first kappa shape index (κ1) is 21.3. The largest absolute Gasteiger partial charge is 0.496 e. The molecule has 1 aromatic carbocycles. The molecule has 6 nitrogen and oxygen atoms in total. The van der Waals surface area contributed by atoms with E-state index in [1.54, 1.807) is 18.9 Å². The fourth-order valence-corrected chi connectivity index (χ4v) is 5.73. The summed E-state index contributed by atoms with van der Waals surface area (Å²) < 4.78 is 13.2. The number of esters is 1. The van der Waals surface area contributed by atoms with Crippen molar-refractivity contribution < 1.29 is 14.3 Å². The van der Waals surface area contributed by atoms with E-state index < -0.39 is 5.54 Å². The van der Waals surface area contributed by atoms with Gasteiger partial charge in [0.05, 0.1) is 24.2 Å². The van der Waals surface area contributed by atoms with Gasteiger partial charge < -0.3 is 15.2 Å². The summed E-state index contributed by atoms with van der Waals surface area (Å²) >= 11 is 1.58. The van der Waals surface area contributed by atoms with Crippen LogP contribution in [0.5, 0.6) is 5.75 Å². The summed E-state index contributed by atoms with van der Waals surface area (Å²) in [6, 6.07) is 10.4. The summed E-state index contributed by atoms with van der Waals surface area (Å²) in [5.41, 5.74) is 12.0. The lowest BCUT2D eigenvalue weighted by molar-refractivity contribution is -0.142. The van der Waals surface area contributed by atoms with E-state index >= 15 is 0 Å². The molecule has 1 saturated carbocycles. The molecule has 1 aliphatic heterocycles. The molecule has 1 saturated heterocycles. The van der Waals surface area contributed by atoms with Gasteiger partial charge in [0.15, 0.2) is 0 Å². The van der Waals surface area contributed by atoms with Gasteiger partial charge in [0.2, 0.25) is 0 Å². The van der Waals surface area contributed by atoms with Crippen molar-refractivity contribution in [3.8, 4) is 17.0 Å². The molecule has 2 aromatic heterocycles. The normalized spacial score (nSPS) is 23.0. The molecule has 2 unspecified atom stereocenters. The maximum absolute atomic E-state index is 12.8. The van der Waals surface area contributed by atoms with Crippen LogP contribution in [-0.4, -0.2) is 41.1 Å². The van der Waals surface area contributed by atoms with Gasteiger partial charge in [0.25, 0.3) is 0 Å². The van der Waals surface area contributed by atoms with E-state index in [-0.39, 0.29) is 11.9 Å². The molecule has 3 heterocycles. The fraction of sp³-hybridized carbons (Fsp3) is 0.440. The minimum absolute atomic E-state index is 0.216. The summed E-state index contributed by atoms with van der Waals surface area (Å²) in [6.07, 6.45) is 4.96. The first-order chi connectivity index (χ1) is 15.4. The highest BCUT2D eigenvalue weighted by atomic mass is 32.2. The lowest BCUT2D eigenvalue weighted by Gasteiger charge is -2.26. The van der Waals surface area contributed by atoms with Gasteiger partial charge in [0, 0.05) is 11.1 Å². The molecule has 32 heavy (non-hydrogen) atoms. The van der Waals surface area contributed by atoms with Crippen molar-refractivity contribution in [2.45, 2.75) is 49.6 Å². The lowest BCUT2D eigenvalue weighted by atomic mass is 9.79. The van der Waals surface area contributed by atoms with Crippen LogP contribution in [0.2, 0.25) is 0 Å². The number of methoxy groups -OCH3 is 1. The van der Waals surface area contributed by atoms with E-state index in [1.807, 2.05) is 22.9 Å². The number of carbonyl (C=O) groups excluding carboxylic acids is 1. The number of aromatic nitrogens is 2. The number of pyridine rings is 1. The average molecular weight is 452 g/mol. The summed E-state index contributed by atoms with van der Waals surface area (Å²) in [5, 5.41) is 5.86. The molecule has 0 spiro atoms. The standard InChI is InChI=1S/C25H29N3O3S/c1-14-10-15(2)21(20(11-14)30-3)18-6-5-7-19-22(23(32-4)27-28(18)19)17-13-31-24(29)25(17,26)12-16-8-9-16/h5-7,10-11,16-17H,8-9,12-13,26H2,1-4H3. The van der Waals surface area contributed by atoms with Crippen molar-refractivity contribution in [2.75, 3.05) is 20.0 Å². The molecule has 168 valence electrons. The van der Waals surface area contributed by atoms with Gasteiger partial charge in [-0.1, -0.05) is 25.0 Å². The van der Waals surface area contributed by atoms with Gasteiger partial charge in [0.1, 0.15) is 22.9 Å². The second-order valence-corrected chi connectivity index (χ2v) is 9.92. The van der Waals surface area contributed by atoms with E-state index in [9.17, 15) is 4.79 Å². The zero-order chi connectivity index (χ0) is 22.6. The Balaban J connectivity index is 1.71. The minimum Gasteiger partial charge on any atom is -0.496 e. The van der Waals surface area contributed by atoms with Gasteiger partial charge in [-0.3, -0.25) is 4.79 Å². The summed E-state index contributed by atoms with van der Waals surface area (Å²) in [6.45, 7) is 4.46. The SMILES string of the molecule is COc1cc(C)cc(C)c1-c1cccc2c(C3COC(=O)C3(N)CC3CC3)c(SC)nn12. The van der Waals surface area contributed by atoms with E-state index in [0.717, 1.165) is 57.1 Å². The molecule has 2 fully saturated rings. The van der Waals surface area contributed by atoms with E-state index in [2.05, 4.69) is 32.0 Å². The Morgan fingerprint density at radius 2 is 2.09 bits per heavy atom. The third-order valence-electron chi connectivity index (χ3n) is 6.83. The molecule has 0 radical (unpaired) electrons. The molecule has 2 aliphatic rings. The van der Waals surface area contributed by atoms with Crippen LogP contribution in [0, 0.1) is 19.8 Å². The number of benzene rings is 1. The van der Waals surface area contributed by atoms with E-state index in [1.165, 1.54) is 0 Å². The van der Waals surface area contributed by atoms with E-state index in [4.69, 9.17) is 20.3 Å². The number of fused-ring (bicyclic) bond motifs is 1. The smallest absolute Gasteiger partial charge is 0.326 e. The van der Waals surface area contributed by atoms with Gasteiger partial charge in [-0.15, -0.1) is 11.8 Å². The second kappa shape index (κ2) is 7.81. The summed E-state index contributed by atoms with van der Waals surface area (Å²) in [7, 11) is 1.70. The molecule has 7 heteroatoms. The molecular formula is C25H29N3O3S. The van der Waals surface area contributed by atoms with Crippen LogP contribution in [0.3, 0.4) is 0 Å². The van der Waals surface area contributed by atoms with Crippen molar-refractivity contribution in [3.63, 3.8) is 0 Å². The molecule has 0 amide bonds. The number of hydrogen-bond donors (Lipinski definition) is 1. The number of nitrogens with zero attached hydrogens (tertiary/aromatic N) is 2. The maximum Gasteiger partial charge on any atom is 0.326 e. The van der Waals surface area contributed by atoms with Crippen molar-refractivity contribution in [3.05, 3.63) is 47.0 Å². The van der Waals surface area contributed by atoms with Crippen LogP contribution in [0.15, 0.2) is 35.4 Å². The highest BCUT2D eigenvalue weighted by Crippen LogP contribution is 2.47. The Bertz CT molecular complexity index is 1220. The molecule has 1 aliphatic carbocycles. The molecular weight excluding hydrogens is 422 g/mol. The number of cyclic esters (lactones) is 1. The van der Waals surface area contributed by atoms with Gasteiger partial charge in [-0.2, -0.15) is 5.10 Å². The first-order valence-corrected chi connectivity index (χ1v) is 12.3. The van der Waals surface area contributed by atoms with Crippen molar-refractivity contribution in [1.29, 1.82) is 0 Å². The Kier molecular flexibility index (Phi) is 5.21. The third-order valence-corrected chi connectivity index (χ3v) is 7.52. The van der Waals surface area contributed by atoms with Crippen LogP contribution in [-0.2, 0) is 9.53 Å². The minimum atomic E-state index is -0.997. The van der Waals surface area contributed by atoms with Gasteiger partial charge >= 0.3 is 5.97 Å². The third kappa shape index (κ3) is 3.30. The van der Waals surface area contributed by atoms with Crippen LogP contribution in [0.25, 0.3) is 16.8 Å². The van der Waals surface area contributed by atoms with Gasteiger partial charge in [-0.05, 0) is 61.8 Å². The highest BCUT2D eigenvalue weighted by molar-refractivity contribution is 7.98. The highest BCUT2D eigenvalue weighted by Gasteiger charge is 2.53. The average Bonchev–Trinajstić information content (AvgIpc) is 3.43. The van der Waals surface area contributed by atoms with Crippen molar-refractivity contribution in [2.24, 2.45) is 11.7 Å². The molecule has 2 atom stereocenters. The Morgan fingerprint density at radius 1 is 1.31 bits per heavy atom. The number of carbonyl (C=O) groups is 1. The molecule has 0 bridgehead atoms. The zero-order valence-electron chi connectivity index (χ0n) is 19.0. The summed E-state index contributed by atoms with van der Waals surface area (Å²) in [4.78, 5) is 12.8. The number of ether oxygens (including phenoxy) is 2. The predicted octanol–water partition coefficient (Wildman–Crippen LogP) is 4.49. The van der Waals surface area contributed by atoms with Crippen LogP contribution in [0.1, 0.15) is 41.9 Å². The van der Waals surface area contributed by atoms with Gasteiger partial charge in [-0.25, -0.2) is 4.52 Å². The molecule has 5 rings (SSSR count). The topological polar surface area (TPSA) is 78.8 Å². The Morgan fingerprint density at radius 3 is 2.78 bits per heavy atom. The number of nitrogens with two attached hydrogens (primary N) is 1. The van der Waals surface area contributed by atoms with Crippen LogP contribution >= 0.6 is 11.8 Å². The zero-order valence-corrected chi connectivity index (χ0v) is 19.8. The Hall–Kier alpha value is -2.51. The molecule has 3 aromatic rings. The van der Waals surface area contributed by atoms with Crippen LogP contribution < -0.4 is 10.5 Å². The van der Waals surface area contributed by atoms with Crippen molar-refractivity contribution in [1.82, 2.24) is 9.61 Å². The maximum atomic E-state index is 12.8. The quantitative estimate of drug-likeness (QED) is 0.440. The second-order valence-electron chi connectivity index (χ2n) is 9.13. The lowest BCUT2D eigenvalue weighted by Crippen LogP contribution is -2.49. The van der Waals surface area contributed by atoms with Crippen LogP contribution in [0.4, 0.5) is 0 Å². The number of aryl methyl sites for hydroxylation is 2. The number of hydrogen-bond acceptors (Lipinski definition) is 6. The molecule has 2 N–H and O–H groups in total. The van der Waals surface area contributed by atoms with Crippen molar-refractivity contribution >= 4 is 23.2 Å². The predicted molar refractivity (Wildman–Crippen MR) is 126 cm³/mol. The van der Waals surface area contributed by atoms with E-state index in [0.29, 0.717) is 18.9 Å². The fourth-order valence-electron chi connectivity index (χ4n) is 5.10. The first-order valence-electron chi connectivity index (χ1n) is 11.0. The number of rotatable bonds is 6. The summed E-state index contributed by atoms with van der Waals surface area (Å²) in [5.74, 6) is 0.835. The Labute approximate surface area is 192 Å². The monoisotopic (exact) mass is 451 g/mol.